The van der Waals surface area contributed by atoms with Gasteiger partial charge in [-0.2, -0.15) is 0 Å². The van der Waals surface area contributed by atoms with E-state index in [0.29, 0.717) is 12.5 Å². The van der Waals surface area contributed by atoms with Gasteiger partial charge in [0.1, 0.15) is 11.5 Å². The molecule has 0 atom stereocenters. The average Bonchev–Trinajstić information content (AvgIpc) is 2.56. The highest BCUT2D eigenvalue weighted by molar-refractivity contribution is 14.1. The standard InChI is InChI=1S/C21H37IO5Si/c1-15(2)10-16-11-18(22)20(26-14-24-7)17(19(16)25-13-23-6)12-27-28(8,9)21(3,4)5/h11,15H,10,12-14H2,1-9H3. The Morgan fingerprint density at radius 2 is 1.54 bits per heavy atom. The molecular weight excluding hydrogens is 487 g/mol. The number of rotatable bonds is 11. The molecule has 0 aliphatic carbocycles. The molecule has 162 valence electrons. The largest absolute Gasteiger partial charge is 0.467 e. The summed E-state index contributed by atoms with van der Waals surface area (Å²) in [7, 11) is 1.31. The van der Waals surface area contributed by atoms with E-state index in [9.17, 15) is 0 Å². The van der Waals surface area contributed by atoms with Crippen molar-refractivity contribution in [2.24, 2.45) is 5.92 Å². The van der Waals surface area contributed by atoms with Crippen molar-refractivity contribution in [3.63, 3.8) is 0 Å². The van der Waals surface area contributed by atoms with Crippen molar-refractivity contribution in [2.45, 2.75) is 65.8 Å². The van der Waals surface area contributed by atoms with Crippen LogP contribution in [0.25, 0.3) is 0 Å². The second kappa shape index (κ2) is 11.2. The lowest BCUT2D eigenvalue weighted by atomic mass is 9.99. The zero-order chi connectivity index (χ0) is 21.5. The van der Waals surface area contributed by atoms with E-state index in [-0.39, 0.29) is 18.6 Å². The summed E-state index contributed by atoms with van der Waals surface area (Å²) in [5.41, 5.74) is 2.08. The van der Waals surface area contributed by atoms with Gasteiger partial charge in [0.15, 0.2) is 21.9 Å². The normalized spacial score (nSPS) is 12.5. The van der Waals surface area contributed by atoms with E-state index in [1.165, 1.54) is 0 Å². The Morgan fingerprint density at radius 3 is 2.00 bits per heavy atom. The minimum absolute atomic E-state index is 0.122. The zero-order valence-corrected chi connectivity index (χ0v) is 22.1. The van der Waals surface area contributed by atoms with Crippen LogP contribution in [0, 0.1) is 9.49 Å². The summed E-state index contributed by atoms with van der Waals surface area (Å²) in [6, 6.07) is 2.13. The molecule has 1 aromatic rings. The van der Waals surface area contributed by atoms with Crippen molar-refractivity contribution >= 4 is 30.9 Å². The molecule has 1 aromatic carbocycles. The maximum absolute atomic E-state index is 6.53. The van der Waals surface area contributed by atoms with Crippen LogP contribution in [0.1, 0.15) is 45.7 Å². The maximum Gasteiger partial charge on any atom is 0.192 e. The fourth-order valence-corrected chi connectivity index (χ4v) is 4.28. The number of hydrogen-bond donors (Lipinski definition) is 0. The summed E-state index contributed by atoms with van der Waals surface area (Å²) in [6.45, 7) is 16.4. The molecule has 0 unspecified atom stereocenters. The van der Waals surface area contributed by atoms with Gasteiger partial charge in [-0.3, -0.25) is 0 Å². The molecule has 0 aliphatic rings. The fraction of sp³-hybridized carbons (Fsp3) is 0.714. The van der Waals surface area contributed by atoms with E-state index in [4.69, 9.17) is 23.4 Å². The van der Waals surface area contributed by atoms with E-state index < -0.39 is 8.32 Å². The van der Waals surface area contributed by atoms with Crippen LogP contribution >= 0.6 is 22.6 Å². The summed E-state index contributed by atoms with van der Waals surface area (Å²) in [5, 5.41) is 0.122. The number of ether oxygens (including phenoxy) is 4. The highest BCUT2D eigenvalue weighted by Crippen LogP contribution is 2.42. The Morgan fingerprint density at radius 1 is 1.00 bits per heavy atom. The van der Waals surface area contributed by atoms with Crippen LogP contribution in [-0.2, 0) is 26.9 Å². The lowest BCUT2D eigenvalue weighted by Crippen LogP contribution is -2.40. The van der Waals surface area contributed by atoms with E-state index in [1.807, 2.05) is 0 Å². The molecule has 0 aromatic heterocycles. The second-order valence-corrected chi connectivity index (χ2v) is 14.9. The van der Waals surface area contributed by atoms with Gasteiger partial charge in [0.05, 0.1) is 15.7 Å². The van der Waals surface area contributed by atoms with Crippen molar-refractivity contribution in [3.05, 3.63) is 20.8 Å². The van der Waals surface area contributed by atoms with Crippen molar-refractivity contribution < 1.29 is 23.4 Å². The first kappa shape index (κ1) is 25.7. The van der Waals surface area contributed by atoms with Crippen molar-refractivity contribution in [1.82, 2.24) is 0 Å². The van der Waals surface area contributed by atoms with Gasteiger partial charge in [-0.15, -0.1) is 0 Å². The SMILES string of the molecule is COCOc1c(I)cc(CC(C)C)c(OCOC)c1CO[Si](C)(C)C(C)(C)C. The molecule has 0 saturated heterocycles. The average molecular weight is 525 g/mol. The van der Waals surface area contributed by atoms with Gasteiger partial charge < -0.3 is 23.4 Å². The van der Waals surface area contributed by atoms with Gasteiger partial charge in [-0.05, 0) is 64.7 Å². The third-order valence-corrected chi connectivity index (χ3v) is 10.3. The zero-order valence-electron chi connectivity index (χ0n) is 18.9. The van der Waals surface area contributed by atoms with Crippen molar-refractivity contribution in [2.75, 3.05) is 27.8 Å². The molecule has 0 spiro atoms. The van der Waals surface area contributed by atoms with E-state index in [0.717, 1.165) is 32.6 Å². The first-order valence-electron chi connectivity index (χ1n) is 9.66. The van der Waals surface area contributed by atoms with Gasteiger partial charge in [-0.25, -0.2) is 0 Å². The first-order chi connectivity index (χ1) is 12.9. The Kier molecular flexibility index (Phi) is 10.2. The molecule has 0 N–H and O–H groups in total. The lowest BCUT2D eigenvalue weighted by Gasteiger charge is -2.36. The van der Waals surface area contributed by atoms with Gasteiger partial charge in [0.2, 0.25) is 0 Å². The van der Waals surface area contributed by atoms with Crippen LogP contribution < -0.4 is 9.47 Å². The van der Waals surface area contributed by atoms with Gasteiger partial charge in [0, 0.05) is 14.2 Å². The highest BCUT2D eigenvalue weighted by Gasteiger charge is 2.37. The third kappa shape index (κ3) is 7.16. The van der Waals surface area contributed by atoms with Crippen molar-refractivity contribution in [1.29, 1.82) is 0 Å². The smallest absolute Gasteiger partial charge is 0.192 e. The van der Waals surface area contributed by atoms with Crippen LogP contribution in [-0.4, -0.2) is 36.1 Å². The van der Waals surface area contributed by atoms with Crippen LogP contribution in [0.2, 0.25) is 18.1 Å². The molecule has 28 heavy (non-hydrogen) atoms. The summed E-state index contributed by atoms with van der Waals surface area (Å²) < 4.78 is 29.9. The summed E-state index contributed by atoms with van der Waals surface area (Å²) in [5.74, 6) is 2.07. The molecule has 7 heteroatoms. The molecule has 5 nitrogen and oxygen atoms in total. The molecule has 0 bridgehead atoms. The second-order valence-electron chi connectivity index (χ2n) is 8.90. The van der Waals surface area contributed by atoms with Crippen LogP contribution in [0.4, 0.5) is 0 Å². The molecular formula is C21H37IO5Si. The molecule has 0 saturated carbocycles. The van der Waals surface area contributed by atoms with Crippen molar-refractivity contribution in [3.8, 4) is 11.5 Å². The predicted octanol–water partition coefficient (Wildman–Crippen LogP) is 5.98. The van der Waals surface area contributed by atoms with Gasteiger partial charge >= 0.3 is 0 Å². The molecule has 1 rings (SSSR count). The third-order valence-electron chi connectivity index (χ3n) is 5.01. The minimum Gasteiger partial charge on any atom is -0.467 e. The van der Waals surface area contributed by atoms with Gasteiger partial charge in [0.25, 0.3) is 0 Å². The summed E-state index contributed by atoms with van der Waals surface area (Å²) in [4.78, 5) is 0. The molecule has 0 heterocycles. The molecule has 0 aliphatic heterocycles. The number of hydrogen-bond acceptors (Lipinski definition) is 5. The predicted molar refractivity (Wildman–Crippen MR) is 125 cm³/mol. The Bertz CT molecular complexity index is 626. The number of methoxy groups -OCH3 is 2. The minimum atomic E-state index is -1.94. The molecule has 0 radical (unpaired) electrons. The lowest BCUT2D eigenvalue weighted by molar-refractivity contribution is 0.0421. The highest BCUT2D eigenvalue weighted by atomic mass is 127. The van der Waals surface area contributed by atoms with E-state index >= 15 is 0 Å². The molecule has 0 fully saturated rings. The molecule has 0 amide bonds. The van der Waals surface area contributed by atoms with E-state index in [2.05, 4.69) is 76.4 Å². The monoisotopic (exact) mass is 524 g/mol. The fourth-order valence-electron chi connectivity index (χ4n) is 2.49. The maximum atomic E-state index is 6.53. The van der Waals surface area contributed by atoms with Crippen LogP contribution in [0.3, 0.4) is 0 Å². The quantitative estimate of drug-likeness (QED) is 0.203. The Labute approximate surface area is 185 Å². The van der Waals surface area contributed by atoms with Crippen LogP contribution in [0.5, 0.6) is 11.5 Å². The Hall–Kier alpha value is -0.353. The van der Waals surface area contributed by atoms with Crippen LogP contribution in [0.15, 0.2) is 6.07 Å². The van der Waals surface area contributed by atoms with E-state index in [1.54, 1.807) is 14.2 Å². The van der Waals surface area contributed by atoms with Gasteiger partial charge in [-0.1, -0.05) is 34.6 Å². The Balaban J connectivity index is 3.44. The number of benzene rings is 1. The topological polar surface area (TPSA) is 46.2 Å². The first-order valence-corrected chi connectivity index (χ1v) is 13.6. The summed E-state index contributed by atoms with van der Waals surface area (Å²) in [6.07, 6.45) is 0.909. The number of halogens is 1. The summed E-state index contributed by atoms with van der Waals surface area (Å²) >= 11 is 2.32.